The van der Waals surface area contributed by atoms with Crippen LogP contribution < -0.4 is 0 Å². The Kier molecular flexibility index (Phi) is 4.15. The standard InChI is InChI=1S/C15H7F2NS/c16-14-2-1-3-15(17)13(14)9-6-11-4-7-12(8-5-11)18-10-19/h1-5,7-8H. The van der Waals surface area contributed by atoms with Gasteiger partial charge in [0, 0.05) is 5.56 Å². The zero-order valence-electron chi connectivity index (χ0n) is 9.65. The van der Waals surface area contributed by atoms with Gasteiger partial charge in [0.05, 0.1) is 16.4 Å². The average molecular weight is 271 g/mol. The fourth-order valence-corrected chi connectivity index (χ4v) is 1.53. The molecule has 92 valence electrons. The van der Waals surface area contributed by atoms with Crippen LogP contribution in [0, 0.1) is 23.5 Å². The lowest BCUT2D eigenvalue weighted by Crippen LogP contribution is -1.88. The molecule has 0 unspecified atom stereocenters. The molecule has 0 N–H and O–H groups in total. The van der Waals surface area contributed by atoms with E-state index in [1.165, 1.54) is 18.2 Å². The summed E-state index contributed by atoms with van der Waals surface area (Å²) >= 11 is 4.48. The van der Waals surface area contributed by atoms with Crippen LogP contribution in [0.3, 0.4) is 0 Å². The monoisotopic (exact) mass is 271 g/mol. The van der Waals surface area contributed by atoms with Gasteiger partial charge in [0.25, 0.3) is 0 Å². The molecular weight excluding hydrogens is 264 g/mol. The van der Waals surface area contributed by atoms with Crippen LogP contribution in [0.1, 0.15) is 11.1 Å². The van der Waals surface area contributed by atoms with Crippen LogP contribution in [-0.4, -0.2) is 5.16 Å². The highest BCUT2D eigenvalue weighted by atomic mass is 32.1. The van der Waals surface area contributed by atoms with Gasteiger partial charge in [-0.25, -0.2) is 8.78 Å². The number of aliphatic imine (C=N–C) groups is 1. The largest absolute Gasteiger partial charge is 0.206 e. The fraction of sp³-hybridized carbons (Fsp3) is 0. The Morgan fingerprint density at radius 3 is 2.11 bits per heavy atom. The summed E-state index contributed by atoms with van der Waals surface area (Å²) in [5.41, 5.74) is 1.05. The van der Waals surface area contributed by atoms with Crippen LogP contribution in [0.5, 0.6) is 0 Å². The van der Waals surface area contributed by atoms with E-state index in [9.17, 15) is 8.78 Å². The Hall–Kier alpha value is -2.34. The van der Waals surface area contributed by atoms with Crippen molar-refractivity contribution in [1.82, 2.24) is 0 Å². The number of hydrogen-bond donors (Lipinski definition) is 0. The second kappa shape index (κ2) is 6.01. The minimum absolute atomic E-state index is 0.233. The molecule has 0 saturated carbocycles. The van der Waals surface area contributed by atoms with Crippen molar-refractivity contribution in [2.75, 3.05) is 0 Å². The van der Waals surface area contributed by atoms with E-state index < -0.39 is 11.6 Å². The lowest BCUT2D eigenvalue weighted by Gasteiger charge is -1.95. The van der Waals surface area contributed by atoms with Crippen LogP contribution >= 0.6 is 12.2 Å². The first-order chi connectivity index (χ1) is 9.20. The molecule has 0 fully saturated rings. The average Bonchev–Trinajstić information content (AvgIpc) is 2.40. The summed E-state index contributed by atoms with van der Waals surface area (Å²) < 4.78 is 26.7. The Morgan fingerprint density at radius 2 is 1.53 bits per heavy atom. The third-order valence-corrected chi connectivity index (χ3v) is 2.43. The molecule has 0 aliphatic carbocycles. The van der Waals surface area contributed by atoms with E-state index in [0.717, 1.165) is 0 Å². The third-order valence-electron chi connectivity index (χ3n) is 2.34. The second-order valence-corrected chi connectivity index (χ2v) is 3.78. The normalized spacial score (nSPS) is 9.16. The summed E-state index contributed by atoms with van der Waals surface area (Å²) in [4.78, 5) is 3.79. The van der Waals surface area contributed by atoms with Crippen molar-refractivity contribution >= 4 is 23.1 Å². The first kappa shape index (κ1) is 13.1. The van der Waals surface area contributed by atoms with Crippen LogP contribution in [0.4, 0.5) is 14.5 Å². The molecule has 4 heteroatoms. The van der Waals surface area contributed by atoms with Crippen molar-refractivity contribution in [2.24, 2.45) is 4.99 Å². The molecule has 0 aliphatic rings. The predicted octanol–water partition coefficient (Wildman–Crippen LogP) is 4.10. The van der Waals surface area contributed by atoms with Gasteiger partial charge in [-0.3, -0.25) is 0 Å². The molecule has 2 aromatic rings. The zero-order valence-corrected chi connectivity index (χ0v) is 10.5. The number of hydrogen-bond acceptors (Lipinski definition) is 2. The first-order valence-corrected chi connectivity index (χ1v) is 5.75. The molecular formula is C15H7F2NS. The van der Waals surface area contributed by atoms with Gasteiger partial charge in [0.2, 0.25) is 0 Å². The van der Waals surface area contributed by atoms with Crippen molar-refractivity contribution in [3.63, 3.8) is 0 Å². The van der Waals surface area contributed by atoms with E-state index in [1.807, 2.05) is 0 Å². The van der Waals surface area contributed by atoms with Crippen LogP contribution in [0.15, 0.2) is 47.5 Å². The molecule has 0 atom stereocenters. The van der Waals surface area contributed by atoms with Crippen molar-refractivity contribution in [2.45, 2.75) is 0 Å². The number of isothiocyanates is 1. The smallest absolute Gasteiger partial charge is 0.141 e. The van der Waals surface area contributed by atoms with Gasteiger partial charge in [-0.15, -0.1) is 0 Å². The van der Waals surface area contributed by atoms with Crippen molar-refractivity contribution in [3.05, 3.63) is 65.2 Å². The van der Waals surface area contributed by atoms with Crippen LogP contribution in [0.2, 0.25) is 0 Å². The topological polar surface area (TPSA) is 12.4 Å². The van der Waals surface area contributed by atoms with Gasteiger partial charge in [-0.2, -0.15) is 4.99 Å². The molecule has 0 saturated heterocycles. The van der Waals surface area contributed by atoms with Gasteiger partial charge in [0.1, 0.15) is 11.6 Å². The number of halogens is 2. The highest BCUT2D eigenvalue weighted by Crippen LogP contribution is 2.13. The molecule has 0 radical (unpaired) electrons. The highest BCUT2D eigenvalue weighted by Gasteiger charge is 2.04. The fourth-order valence-electron chi connectivity index (χ4n) is 1.42. The SMILES string of the molecule is Fc1cccc(F)c1C#Cc1ccc(N=C=S)cc1. The van der Waals surface area contributed by atoms with Gasteiger partial charge in [-0.1, -0.05) is 17.9 Å². The quantitative estimate of drug-likeness (QED) is 0.432. The molecule has 2 aromatic carbocycles. The summed E-state index contributed by atoms with van der Waals surface area (Å²) in [5.74, 6) is 3.83. The zero-order chi connectivity index (χ0) is 13.7. The molecule has 0 aromatic heterocycles. The minimum atomic E-state index is -0.672. The van der Waals surface area contributed by atoms with Gasteiger partial charge in [-0.05, 0) is 48.6 Å². The minimum Gasteiger partial charge on any atom is -0.206 e. The second-order valence-electron chi connectivity index (χ2n) is 3.60. The summed E-state index contributed by atoms with van der Waals surface area (Å²) in [6.45, 7) is 0. The predicted molar refractivity (Wildman–Crippen MR) is 73.5 cm³/mol. The maximum absolute atomic E-state index is 13.3. The Labute approximate surface area is 114 Å². The summed E-state index contributed by atoms with van der Waals surface area (Å²) in [5, 5.41) is 2.25. The maximum atomic E-state index is 13.3. The lowest BCUT2D eigenvalue weighted by molar-refractivity contribution is 0.577. The molecule has 0 heterocycles. The molecule has 1 nitrogen and oxygen atoms in total. The van der Waals surface area contributed by atoms with Crippen molar-refractivity contribution < 1.29 is 8.78 Å². The van der Waals surface area contributed by atoms with Crippen LogP contribution in [-0.2, 0) is 0 Å². The number of nitrogens with zero attached hydrogens (tertiary/aromatic N) is 1. The lowest BCUT2D eigenvalue weighted by atomic mass is 10.1. The van der Waals surface area contributed by atoms with E-state index in [-0.39, 0.29) is 5.56 Å². The van der Waals surface area contributed by atoms with E-state index in [0.29, 0.717) is 11.3 Å². The number of rotatable bonds is 1. The van der Waals surface area contributed by atoms with E-state index in [4.69, 9.17) is 0 Å². The Bertz CT molecular complexity index is 685. The molecule has 2 rings (SSSR count). The van der Waals surface area contributed by atoms with E-state index in [2.05, 4.69) is 34.2 Å². The molecule has 0 aliphatic heterocycles. The summed E-state index contributed by atoms with van der Waals surface area (Å²) in [6, 6.07) is 10.4. The Balaban J connectivity index is 2.31. The van der Waals surface area contributed by atoms with Gasteiger partial charge in [0.15, 0.2) is 0 Å². The third kappa shape index (κ3) is 3.32. The molecule has 0 bridgehead atoms. The molecule has 19 heavy (non-hydrogen) atoms. The van der Waals surface area contributed by atoms with Crippen molar-refractivity contribution in [1.29, 1.82) is 0 Å². The van der Waals surface area contributed by atoms with E-state index >= 15 is 0 Å². The van der Waals surface area contributed by atoms with Crippen LogP contribution in [0.25, 0.3) is 0 Å². The summed E-state index contributed by atoms with van der Waals surface area (Å²) in [7, 11) is 0. The van der Waals surface area contributed by atoms with Gasteiger partial charge >= 0.3 is 0 Å². The molecule has 0 amide bonds. The maximum Gasteiger partial charge on any atom is 0.141 e. The number of thiocarbonyl (C=S) groups is 1. The highest BCUT2D eigenvalue weighted by molar-refractivity contribution is 7.78. The Morgan fingerprint density at radius 1 is 0.895 bits per heavy atom. The van der Waals surface area contributed by atoms with Crippen molar-refractivity contribution in [3.8, 4) is 11.8 Å². The number of benzene rings is 2. The van der Waals surface area contributed by atoms with Gasteiger partial charge < -0.3 is 0 Å². The van der Waals surface area contributed by atoms with E-state index in [1.54, 1.807) is 24.3 Å². The summed E-state index contributed by atoms with van der Waals surface area (Å²) in [6.07, 6.45) is 0. The molecule has 0 spiro atoms. The first-order valence-electron chi connectivity index (χ1n) is 5.34.